The average molecular weight is 136 g/mol. The number of nitrogens with zero attached hydrogens (tertiary/aromatic N) is 1. The first-order chi connectivity index (χ1) is 2.27. The third-order valence-electron chi connectivity index (χ3n) is 0.632. The SMILES string of the molecule is [CH3][GeH2][N](C)C.[H-].[H-]. The maximum absolute atomic E-state index is 2.31. The van der Waals surface area contributed by atoms with Crippen molar-refractivity contribution in [3.05, 3.63) is 0 Å². The van der Waals surface area contributed by atoms with E-state index in [2.05, 4.69) is 23.7 Å². The smallest absolute Gasteiger partial charge is 1.00 e. The van der Waals surface area contributed by atoms with Crippen LogP contribution >= 0.6 is 0 Å². The third kappa shape index (κ3) is 4.50. The van der Waals surface area contributed by atoms with Gasteiger partial charge >= 0.3 is 39.4 Å². The van der Waals surface area contributed by atoms with Crippen molar-refractivity contribution in [2.45, 2.75) is 5.76 Å². The standard InChI is InChI=1S/C3H11GeN.2H/c1-4-5(2)3;;/h4H2,1-3H3;;/q;2*-1. The Hall–Kier alpha value is 0.503. The molecule has 0 aliphatic heterocycles. The van der Waals surface area contributed by atoms with Gasteiger partial charge in [0.15, 0.2) is 0 Å². The minimum Gasteiger partial charge on any atom is -1.00 e. The van der Waals surface area contributed by atoms with Crippen LogP contribution in [0.3, 0.4) is 0 Å². The summed E-state index contributed by atoms with van der Waals surface area (Å²) in [5, 5.41) is 0. The predicted octanol–water partition coefficient (Wildman–Crippen LogP) is -0.0951. The van der Waals surface area contributed by atoms with E-state index in [0.717, 1.165) is 0 Å². The molecule has 36 valence electrons. The van der Waals surface area contributed by atoms with Crippen LogP contribution in [-0.2, 0) is 0 Å². The van der Waals surface area contributed by atoms with Gasteiger partial charge in [-0.05, 0) is 0 Å². The summed E-state index contributed by atoms with van der Waals surface area (Å²) in [5.74, 6) is 2.31. The van der Waals surface area contributed by atoms with E-state index in [1.165, 1.54) is 0 Å². The van der Waals surface area contributed by atoms with Crippen LogP contribution in [0.25, 0.3) is 0 Å². The van der Waals surface area contributed by atoms with Crippen molar-refractivity contribution in [3.8, 4) is 0 Å². The Bertz CT molecular complexity index is 26.9. The molecule has 0 rings (SSSR count). The molecule has 0 unspecified atom stereocenters. The van der Waals surface area contributed by atoms with E-state index in [0.29, 0.717) is 0 Å². The maximum Gasteiger partial charge on any atom is -1.00 e. The van der Waals surface area contributed by atoms with E-state index in [-0.39, 0.29) is 18.5 Å². The predicted molar refractivity (Wildman–Crippen MR) is 30.3 cm³/mol. The normalized spacial score (nSPS) is 12.0. The van der Waals surface area contributed by atoms with Crippen LogP contribution in [0, 0.1) is 0 Å². The molecule has 1 nitrogen and oxygen atoms in total. The van der Waals surface area contributed by atoms with Crippen molar-refractivity contribution in [2.75, 3.05) is 14.1 Å². The summed E-state index contributed by atoms with van der Waals surface area (Å²) < 4.78 is 2.31. The molecule has 0 bridgehead atoms. The van der Waals surface area contributed by atoms with Crippen molar-refractivity contribution in [3.63, 3.8) is 0 Å². The monoisotopic (exact) mass is 137 g/mol. The van der Waals surface area contributed by atoms with Gasteiger partial charge in [0.2, 0.25) is 0 Å². The second kappa shape index (κ2) is 2.72. The molecular weight excluding hydrogens is 123 g/mol. The molecular formula is C3H13GeN-2. The van der Waals surface area contributed by atoms with Gasteiger partial charge in [-0.1, -0.05) is 0 Å². The van der Waals surface area contributed by atoms with Crippen LogP contribution in [-0.4, -0.2) is 33.6 Å². The molecule has 0 spiro atoms. The molecule has 2 heteroatoms. The Morgan fingerprint density at radius 2 is 1.80 bits per heavy atom. The molecule has 0 saturated carbocycles. The van der Waals surface area contributed by atoms with E-state index in [4.69, 9.17) is 0 Å². The molecule has 0 heterocycles. The van der Waals surface area contributed by atoms with Gasteiger partial charge in [0.1, 0.15) is 0 Å². The Morgan fingerprint density at radius 3 is 1.80 bits per heavy atom. The molecule has 0 aromatic carbocycles. The molecule has 0 aliphatic carbocycles. The Kier molecular flexibility index (Phi) is 3.00. The van der Waals surface area contributed by atoms with Crippen LogP contribution in [0.15, 0.2) is 0 Å². The summed E-state index contributed by atoms with van der Waals surface area (Å²) in [6.07, 6.45) is 0. The average Bonchev–Trinajstić information content (AvgIpc) is 1.38. The first kappa shape index (κ1) is 5.50. The summed E-state index contributed by atoms with van der Waals surface area (Å²) in [6, 6.07) is 0. The summed E-state index contributed by atoms with van der Waals surface area (Å²) in [7, 11) is 4.28. The van der Waals surface area contributed by atoms with Crippen molar-refractivity contribution < 1.29 is 2.85 Å². The van der Waals surface area contributed by atoms with E-state index in [9.17, 15) is 0 Å². The Morgan fingerprint density at radius 1 is 1.60 bits per heavy atom. The molecule has 0 radical (unpaired) electrons. The summed E-state index contributed by atoms with van der Waals surface area (Å²) in [4.78, 5) is 0. The Labute approximate surface area is 43.0 Å². The molecule has 0 aliphatic rings. The number of hydrogen-bond donors (Lipinski definition) is 0. The van der Waals surface area contributed by atoms with Gasteiger partial charge in [-0.2, -0.15) is 0 Å². The van der Waals surface area contributed by atoms with Gasteiger partial charge in [-0.15, -0.1) is 0 Å². The van der Waals surface area contributed by atoms with Crippen molar-refractivity contribution >= 4 is 15.7 Å². The van der Waals surface area contributed by atoms with Crippen LogP contribution in [0.2, 0.25) is 5.76 Å². The molecule has 0 fully saturated rings. The largest absolute Gasteiger partial charge is 1.00 e. The zero-order chi connectivity index (χ0) is 4.28. The molecule has 0 aromatic rings. The van der Waals surface area contributed by atoms with Gasteiger partial charge in [0.05, 0.1) is 0 Å². The van der Waals surface area contributed by atoms with Crippen LogP contribution in [0.5, 0.6) is 0 Å². The van der Waals surface area contributed by atoms with Gasteiger partial charge in [0, 0.05) is 0 Å². The van der Waals surface area contributed by atoms with Crippen molar-refractivity contribution in [1.29, 1.82) is 0 Å². The summed E-state index contributed by atoms with van der Waals surface area (Å²) in [5.41, 5.74) is 0. The van der Waals surface area contributed by atoms with Crippen LogP contribution < -0.4 is 0 Å². The zero-order valence-corrected chi connectivity index (χ0v) is 7.12. The summed E-state index contributed by atoms with van der Waals surface area (Å²) >= 11 is -0.153. The number of rotatable bonds is 1. The van der Waals surface area contributed by atoms with Gasteiger partial charge < -0.3 is 2.85 Å². The minimum absolute atomic E-state index is 0. The fourth-order valence-corrected chi connectivity index (χ4v) is 0. The van der Waals surface area contributed by atoms with Gasteiger partial charge in [-0.25, -0.2) is 0 Å². The van der Waals surface area contributed by atoms with Gasteiger partial charge in [-0.3, -0.25) is 0 Å². The van der Waals surface area contributed by atoms with E-state index >= 15 is 0 Å². The van der Waals surface area contributed by atoms with Crippen LogP contribution in [0.1, 0.15) is 2.85 Å². The quantitative estimate of drug-likeness (QED) is 0.455. The molecule has 0 saturated heterocycles. The van der Waals surface area contributed by atoms with Crippen molar-refractivity contribution in [2.24, 2.45) is 0 Å². The van der Waals surface area contributed by atoms with Gasteiger partial charge in [0.25, 0.3) is 0 Å². The summed E-state index contributed by atoms with van der Waals surface area (Å²) in [6.45, 7) is 0. The fourth-order valence-electron chi connectivity index (χ4n) is 0. The molecule has 0 N–H and O–H groups in total. The third-order valence-corrected chi connectivity index (χ3v) is 3.29. The molecule has 0 amide bonds. The second-order valence-corrected chi connectivity index (χ2v) is 5.38. The molecule has 5 heavy (non-hydrogen) atoms. The topological polar surface area (TPSA) is 3.24 Å². The van der Waals surface area contributed by atoms with E-state index < -0.39 is 0 Å². The van der Waals surface area contributed by atoms with E-state index in [1.54, 1.807) is 0 Å². The Balaban J connectivity index is -0.0000000800. The van der Waals surface area contributed by atoms with E-state index in [1.807, 2.05) is 0 Å². The first-order valence-electron chi connectivity index (χ1n) is 1.92. The molecule has 0 atom stereocenters. The maximum atomic E-state index is 2.31. The minimum atomic E-state index is -0.153. The fraction of sp³-hybridized carbons (Fsp3) is 1.00. The zero-order valence-electron chi connectivity index (χ0n) is 6.15. The van der Waals surface area contributed by atoms with Crippen molar-refractivity contribution in [1.82, 2.24) is 3.86 Å². The first-order valence-corrected chi connectivity index (χ1v) is 6.21. The molecule has 0 aromatic heterocycles. The number of hydrogen-bond acceptors (Lipinski definition) is 1. The van der Waals surface area contributed by atoms with Crippen LogP contribution in [0.4, 0.5) is 0 Å². The second-order valence-electron chi connectivity index (χ2n) is 1.40.